The smallest absolute Gasteiger partial charge is 0.119 e. The molecule has 0 saturated heterocycles. The van der Waals surface area contributed by atoms with Gasteiger partial charge in [-0.25, -0.2) is 0 Å². The lowest BCUT2D eigenvalue weighted by Crippen LogP contribution is -2.22. The van der Waals surface area contributed by atoms with Crippen LogP contribution in [0, 0.1) is 0 Å². The van der Waals surface area contributed by atoms with Gasteiger partial charge in [-0.15, -0.1) is 0 Å². The SMILES string of the molecule is COc1ccc2c(c1)Cc1ccccc1C2C(C)O. The first-order chi connectivity index (χ1) is 9.20. The Kier molecular flexibility index (Phi) is 3.03. The first-order valence-electron chi connectivity index (χ1n) is 6.63. The topological polar surface area (TPSA) is 29.5 Å². The first-order valence-corrected chi connectivity index (χ1v) is 6.63. The van der Waals surface area contributed by atoms with E-state index in [2.05, 4.69) is 30.3 Å². The van der Waals surface area contributed by atoms with E-state index in [1.807, 2.05) is 19.1 Å². The van der Waals surface area contributed by atoms with Crippen molar-refractivity contribution in [1.29, 1.82) is 0 Å². The van der Waals surface area contributed by atoms with Gasteiger partial charge in [0.1, 0.15) is 5.75 Å². The first kappa shape index (κ1) is 12.2. The predicted octanol–water partition coefficient (Wildman–Crippen LogP) is 3.11. The van der Waals surface area contributed by atoms with Crippen LogP contribution in [0.1, 0.15) is 35.1 Å². The third-order valence-corrected chi connectivity index (χ3v) is 3.94. The number of fused-ring (bicyclic) bond motifs is 2. The largest absolute Gasteiger partial charge is 0.497 e. The zero-order chi connectivity index (χ0) is 13.4. The molecule has 19 heavy (non-hydrogen) atoms. The van der Waals surface area contributed by atoms with Gasteiger partial charge < -0.3 is 9.84 Å². The number of hydrogen-bond donors (Lipinski definition) is 1. The summed E-state index contributed by atoms with van der Waals surface area (Å²) in [6, 6.07) is 14.5. The van der Waals surface area contributed by atoms with Crippen LogP contribution in [0.3, 0.4) is 0 Å². The van der Waals surface area contributed by atoms with Crippen LogP contribution in [-0.4, -0.2) is 18.3 Å². The molecule has 0 spiro atoms. The molecule has 0 aliphatic heterocycles. The highest BCUT2D eigenvalue weighted by atomic mass is 16.5. The van der Waals surface area contributed by atoms with Gasteiger partial charge in [-0.05, 0) is 47.7 Å². The molecule has 0 amide bonds. The summed E-state index contributed by atoms with van der Waals surface area (Å²) in [5.74, 6) is 0.938. The average Bonchev–Trinajstić information content (AvgIpc) is 2.43. The summed E-state index contributed by atoms with van der Waals surface area (Å²) in [5, 5.41) is 10.2. The Morgan fingerprint density at radius 1 is 1.11 bits per heavy atom. The van der Waals surface area contributed by atoms with E-state index in [-0.39, 0.29) is 5.92 Å². The zero-order valence-electron chi connectivity index (χ0n) is 11.3. The average molecular weight is 254 g/mol. The molecule has 2 heteroatoms. The van der Waals surface area contributed by atoms with Crippen LogP contribution in [0.2, 0.25) is 0 Å². The summed E-state index contributed by atoms with van der Waals surface area (Å²) >= 11 is 0. The predicted molar refractivity (Wildman–Crippen MR) is 75.8 cm³/mol. The van der Waals surface area contributed by atoms with Gasteiger partial charge >= 0.3 is 0 Å². The number of ether oxygens (including phenoxy) is 1. The standard InChI is InChI=1S/C17H18O2/c1-11(18)17-15-6-4-3-5-12(15)9-13-10-14(19-2)7-8-16(13)17/h3-8,10-11,17-18H,9H2,1-2H3. The fraction of sp³-hybridized carbons (Fsp3) is 0.294. The molecule has 0 aromatic heterocycles. The molecular weight excluding hydrogens is 236 g/mol. The van der Waals surface area contributed by atoms with Crippen LogP contribution in [-0.2, 0) is 6.42 Å². The maximum Gasteiger partial charge on any atom is 0.119 e. The third-order valence-electron chi connectivity index (χ3n) is 3.94. The maximum absolute atomic E-state index is 10.2. The number of rotatable bonds is 2. The van der Waals surface area contributed by atoms with Crippen molar-refractivity contribution in [3.05, 3.63) is 64.7 Å². The van der Waals surface area contributed by atoms with Gasteiger partial charge in [0.05, 0.1) is 13.2 Å². The van der Waals surface area contributed by atoms with Crippen molar-refractivity contribution < 1.29 is 9.84 Å². The zero-order valence-corrected chi connectivity index (χ0v) is 11.3. The van der Waals surface area contributed by atoms with E-state index in [0.717, 1.165) is 12.2 Å². The van der Waals surface area contributed by atoms with E-state index in [1.54, 1.807) is 7.11 Å². The molecule has 2 unspecified atom stereocenters. The van der Waals surface area contributed by atoms with Crippen LogP contribution in [0.25, 0.3) is 0 Å². The summed E-state index contributed by atoms with van der Waals surface area (Å²) < 4.78 is 5.30. The second-order valence-corrected chi connectivity index (χ2v) is 5.16. The van der Waals surface area contributed by atoms with Crippen LogP contribution in [0.15, 0.2) is 42.5 Å². The van der Waals surface area contributed by atoms with Crippen LogP contribution in [0.4, 0.5) is 0 Å². The van der Waals surface area contributed by atoms with E-state index in [9.17, 15) is 5.11 Å². The second-order valence-electron chi connectivity index (χ2n) is 5.16. The lowest BCUT2D eigenvalue weighted by molar-refractivity contribution is 0.175. The molecule has 0 bridgehead atoms. The normalized spacial score (nSPS) is 18.4. The summed E-state index contributed by atoms with van der Waals surface area (Å²) in [6.45, 7) is 1.86. The van der Waals surface area contributed by atoms with Crippen LogP contribution >= 0.6 is 0 Å². The number of aliphatic hydroxyl groups excluding tert-OH is 1. The maximum atomic E-state index is 10.2. The van der Waals surface area contributed by atoms with E-state index in [4.69, 9.17) is 4.74 Å². The minimum Gasteiger partial charge on any atom is -0.497 e. The molecule has 0 saturated carbocycles. The fourth-order valence-electron chi connectivity index (χ4n) is 3.06. The van der Waals surface area contributed by atoms with E-state index >= 15 is 0 Å². The molecule has 0 heterocycles. The van der Waals surface area contributed by atoms with Gasteiger partial charge in [0.15, 0.2) is 0 Å². The van der Waals surface area contributed by atoms with Gasteiger partial charge in [0, 0.05) is 5.92 Å². The molecule has 2 aromatic rings. The summed E-state index contributed by atoms with van der Waals surface area (Å²) in [7, 11) is 1.69. The van der Waals surface area contributed by atoms with Gasteiger partial charge in [-0.2, -0.15) is 0 Å². The van der Waals surface area contributed by atoms with Crippen LogP contribution < -0.4 is 4.74 Å². The number of methoxy groups -OCH3 is 1. The Hall–Kier alpha value is -1.80. The summed E-state index contributed by atoms with van der Waals surface area (Å²) in [5.41, 5.74) is 5.02. The highest BCUT2D eigenvalue weighted by Crippen LogP contribution is 2.39. The van der Waals surface area contributed by atoms with E-state index < -0.39 is 6.10 Å². The Bertz CT molecular complexity index is 602. The van der Waals surface area contributed by atoms with Crippen molar-refractivity contribution in [2.24, 2.45) is 0 Å². The summed E-state index contributed by atoms with van der Waals surface area (Å²) in [6.07, 6.45) is 0.514. The molecule has 2 aromatic carbocycles. The van der Waals surface area contributed by atoms with Crippen molar-refractivity contribution in [2.45, 2.75) is 25.4 Å². The number of benzene rings is 2. The summed E-state index contributed by atoms with van der Waals surface area (Å²) in [4.78, 5) is 0. The second kappa shape index (κ2) is 4.71. The third kappa shape index (κ3) is 2.02. The molecule has 2 nitrogen and oxygen atoms in total. The Balaban J connectivity index is 2.16. The molecule has 3 rings (SSSR count). The van der Waals surface area contributed by atoms with Gasteiger partial charge in [-0.1, -0.05) is 30.3 Å². The quantitative estimate of drug-likeness (QED) is 0.892. The van der Waals surface area contributed by atoms with Crippen molar-refractivity contribution in [3.8, 4) is 5.75 Å². The molecule has 1 aliphatic rings. The molecule has 0 radical (unpaired) electrons. The van der Waals surface area contributed by atoms with Crippen molar-refractivity contribution in [3.63, 3.8) is 0 Å². The Morgan fingerprint density at radius 3 is 2.58 bits per heavy atom. The van der Waals surface area contributed by atoms with Crippen molar-refractivity contribution >= 4 is 0 Å². The molecule has 1 N–H and O–H groups in total. The molecule has 2 atom stereocenters. The van der Waals surface area contributed by atoms with Gasteiger partial charge in [0.2, 0.25) is 0 Å². The van der Waals surface area contributed by atoms with Crippen LogP contribution in [0.5, 0.6) is 5.75 Å². The van der Waals surface area contributed by atoms with Crippen molar-refractivity contribution in [2.75, 3.05) is 7.11 Å². The monoisotopic (exact) mass is 254 g/mol. The molecule has 1 aliphatic carbocycles. The highest BCUT2D eigenvalue weighted by molar-refractivity contribution is 5.51. The number of aliphatic hydroxyl groups is 1. The number of hydrogen-bond acceptors (Lipinski definition) is 2. The minimum absolute atomic E-state index is 0.0610. The van der Waals surface area contributed by atoms with Gasteiger partial charge in [-0.3, -0.25) is 0 Å². The van der Waals surface area contributed by atoms with E-state index in [1.165, 1.54) is 22.3 Å². The lowest BCUT2D eigenvalue weighted by Gasteiger charge is -2.30. The molecule has 98 valence electrons. The lowest BCUT2D eigenvalue weighted by atomic mass is 9.76. The Labute approximate surface area is 113 Å². The Morgan fingerprint density at radius 2 is 1.84 bits per heavy atom. The molecule has 0 fully saturated rings. The fourth-order valence-corrected chi connectivity index (χ4v) is 3.06. The van der Waals surface area contributed by atoms with Gasteiger partial charge in [0.25, 0.3) is 0 Å². The highest BCUT2D eigenvalue weighted by Gasteiger charge is 2.28. The minimum atomic E-state index is -0.395. The van der Waals surface area contributed by atoms with Crippen molar-refractivity contribution in [1.82, 2.24) is 0 Å². The molecular formula is C17H18O2. The van der Waals surface area contributed by atoms with E-state index in [0.29, 0.717) is 0 Å².